The zero-order chi connectivity index (χ0) is 29.2. The highest BCUT2D eigenvalue weighted by Gasteiger charge is 2.26. The molecule has 4 rings (SSSR count). The van der Waals surface area contributed by atoms with Gasteiger partial charge in [-0.2, -0.15) is 0 Å². The molecule has 1 N–H and O–H groups in total. The maximum absolute atomic E-state index is 13.3. The van der Waals surface area contributed by atoms with E-state index < -0.39 is 9.84 Å². The number of nitrogens with one attached hydrogen (secondary N) is 1. The highest BCUT2D eigenvalue weighted by atomic mass is 32.2. The summed E-state index contributed by atoms with van der Waals surface area (Å²) in [5.41, 5.74) is 2.57. The predicted molar refractivity (Wildman–Crippen MR) is 155 cm³/mol. The van der Waals surface area contributed by atoms with Crippen LogP contribution in [0.3, 0.4) is 0 Å². The molecule has 0 saturated carbocycles. The summed E-state index contributed by atoms with van der Waals surface area (Å²) in [5.74, 6) is -0.919. The molecular formula is C29H34N4O5S2. The maximum atomic E-state index is 13.3. The van der Waals surface area contributed by atoms with E-state index in [2.05, 4.69) is 31.1 Å². The molecule has 0 unspecified atom stereocenters. The summed E-state index contributed by atoms with van der Waals surface area (Å²) >= 11 is 1.09. The van der Waals surface area contributed by atoms with Crippen molar-refractivity contribution < 1.29 is 22.8 Å². The van der Waals surface area contributed by atoms with E-state index in [1.54, 1.807) is 34.9 Å². The van der Waals surface area contributed by atoms with Crippen molar-refractivity contribution in [2.24, 2.45) is 0 Å². The second-order valence-corrected chi connectivity index (χ2v) is 14.1. The van der Waals surface area contributed by atoms with E-state index in [1.165, 1.54) is 25.3 Å². The standard InChI is InChI=1S/C29H34N4O5S2/c1-19-6-11-24(16-25(19)27(36)33-14-12-32(13-15-33)20(2)34)40(37,38)18-23-17-30-28(39-23)31-26(35)21-7-9-22(10-8-21)29(3,4)5/h6-11,16-17H,12-15,18H2,1-5H3,(H,30,31,35). The van der Waals surface area contributed by atoms with Crippen LogP contribution < -0.4 is 5.32 Å². The van der Waals surface area contributed by atoms with Gasteiger partial charge in [-0.15, -0.1) is 11.3 Å². The summed E-state index contributed by atoms with van der Waals surface area (Å²) in [6.45, 7) is 11.3. The lowest BCUT2D eigenvalue weighted by atomic mass is 9.87. The normalized spacial score (nSPS) is 14.2. The van der Waals surface area contributed by atoms with Crippen molar-refractivity contribution in [3.05, 3.63) is 75.8 Å². The van der Waals surface area contributed by atoms with Crippen LogP contribution in [0.5, 0.6) is 0 Å². The summed E-state index contributed by atoms with van der Waals surface area (Å²) < 4.78 is 26.5. The molecule has 3 aromatic rings. The molecule has 1 aliphatic rings. The van der Waals surface area contributed by atoms with E-state index in [0.29, 0.717) is 52.9 Å². The van der Waals surface area contributed by atoms with Crippen LogP contribution in [-0.2, 0) is 25.8 Å². The van der Waals surface area contributed by atoms with Crippen LogP contribution in [0.15, 0.2) is 53.6 Å². The number of amides is 3. The lowest BCUT2D eigenvalue weighted by molar-refractivity contribution is -0.130. The monoisotopic (exact) mass is 582 g/mol. The van der Waals surface area contributed by atoms with Crippen LogP contribution in [0.1, 0.15) is 64.4 Å². The molecule has 0 bridgehead atoms. The number of thiazole rings is 1. The molecule has 1 aliphatic heterocycles. The lowest BCUT2D eigenvalue weighted by Gasteiger charge is -2.34. The van der Waals surface area contributed by atoms with Gasteiger partial charge < -0.3 is 9.80 Å². The number of carbonyl (C=O) groups is 3. The van der Waals surface area contributed by atoms with Crippen molar-refractivity contribution in [1.29, 1.82) is 0 Å². The number of hydrogen-bond donors (Lipinski definition) is 1. The Morgan fingerprint density at radius 3 is 2.20 bits per heavy atom. The fraction of sp³-hybridized carbons (Fsp3) is 0.379. The highest BCUT2D eigenvalue weighted by Crippen LogP contribution is 2.27. The molecule has 0 aliphatic carbocycles. The van der Waals surface area contributed by atoms with Crippen molar-refractivity contribution in [3.63, 3.8) is 0 Å². The van der Waals surface area contributed by atoms with Gasteiger partial charge in [0.2, 0.25) is 5.91 Å². The Balaban J connectivity index is 1.43. The second-order valence-electron chi connectivity index (χ2n) is 10.9. The molecule has 3 amide bonds. The van der Waals surface area contributed by atoms with E-state index in [0.717, 1.165) is 16.9 Å². The Bertz CT molecular complexity index is 1530. The maximum Gasteiger partial charge on any atom is 0.257 e. The van der Waals surface area contributed by atoms with Gasteiger partial charge in [0.15, 0.2) is 15.0 Å². The third-order valence-corrected chi connectivity index (χ3v) is 9.69. The fourth-order valence-electron chi connectivity index (χ4n) is 4.41. The first kappa shape index (κ1) is 29.4. The zero-order valence-electron chi connectivity index (χ0n) is 23.4. The Morgan fingerprint density at radius 1 is 0.975 bits per heavy atom. The SMILES string of the molecule is CC(=O)N1CCN(C(=O)c2cc(S(=O)(=O)Cc3cnc(NC(=O)c4ccc(C(C)(C)C)cc4)s3)ccc2C)CC1. The van der Waals surface area contributed by atoms with Crippen LogP contribution in [-0.4, -0.2) is 67.1 Å². The molecule has 11 heteroatoms. The predicted octanol–water partition coefficient (Wildman–Crippen LogP) is 4.28. The number of rotatable bonds is 6. The average Bonchev–Trinajstić information content (AvgIpc) is 3.33. The first-order valence-corrected chi connectivity index (χ1v) is 15.5. The van der Waals surface area contributed by atoms with Gasteiger partial charge in [-0.1, -0.05) is 39.0 Å². The van der Waals surface area contributed by atoms with Crippen LogP contribution in [0.4, 0.5) is 5.13 Å². The minimum absolute atomic E-state index is 0.0258. The number of carbonyl (C=O) groups excluding carboxylic acids is 3. The highest BCUT2D eigenvalue weighted by molar-refractivity contribution is 7.90. The van der Waals surface area contributed by atoms with Crippen molar-refractivity contribution in [3.8, 4) is 0 Å². The van der Waals surface area contributed by atoms with E-state index >= 15 is 0 Å². The molecule has 212 valence electrons. The first-order chi connectivity index (χ1) is 18.7. The van der Waals surface area contributed by atoms with Crippen LogP contribution in [0.2, 0.25) is 0 Å². The minimum Gasteiger partial charge on any atom is -0.339 e. The molecule has 2 aromatic carbocycles. The number of piperazine rings is 1. The molecule has 0 spiro atoms. The van der Waals surface area contributed by atoms with Gasteiger partial charge >= 0.3 is 0 Å². The van der Waals surface area contributed by atoms with E-state index in [-0.39, 0.29) is 33.8 Å². The fourth-order valence-corrected chi connectivity index (χ4v) is 6.91. The quantitative estimate of drug-likeness (QED) is 0.464. The third kappa shape index (κ3) is 6.76. The summed E-state index contributed by atoms with van der Waals surface area (Å²) in [6, 6.07) is 11.9. The zero-order valence-corrected chi connectivity index (χ0v) is 25.0. The molecule has 9 nitrogen and oxygen atoms in total. The topological polar surface area (TPSA) is 117 Å². The van der Waals surface area contributed by atoms with Gasteiger partial charge in [0, 0.05) is 55.3 Å². The Labute approximate surface area is 239 Å². The van der Waals surface area contributed by atoms with Gasteiger partial charge in [-0.05, 0) is 47.7 Å². The number of aromatic nitrogens is 1. The Morgan fingerprint density at radius 2 is 1.60 bits per heavy atom. The first-order valence-electron chi connectivity index (χ1n) is 13.0. The van der Waals surface area contributed by atoms with Crippen molar-refractivity contribution in [2.75, 3.05) is 31.5 Å². The second kappa shape index (κ2) is 11.5. The van der Waals surface area contributed by atoms with Crippen molar-refractivity contribution in [2.45, 2.75) is 50.7 Å². The average molecular weight is 583 g/mol. The minimum atomic E-state index is -3.79. The lowest BCUT2D eigenvalue weighted by Crippen LogP contribution is -2.50. The van der Waals surface area contributed by atoms with Gasteiger partial charge in [-0.3, -0.25) is 19.7 Å². The van der Waals surface area contributed by atoms with Gasteiger partial charge in [-0.25, -0.2) is 13.4 Å². The summed E-state index contributed by atoms with van der Waals surface area (Å²) in [6.07, 6.45) is 1.44. The Kier molecular flexibility index (Phi) is 8.46. The molecule has 1 fully saturated rings. The number of nitrogens with zero attached hydrogens (tertiary/aromatic N) is 3. The van der Waals surface area contributed by atoms with Gasteiger partial charge in [0.05, 0.1) is 10.6 Å². The van der Waals surface area contributed by atoms with Crippen LogP contribution in [0, 0.1) is 6.92 Å². The van der Waals surface area contributed by atoms with E-state index in [9.17, 15) is 22.8 Å². The molecular weight excluding hydrogens is 548 g/mol. The number of anilines is 1. The largest absolute Gasteiger partial charge is 0.339 e. The van der Waals surface area contributed by atoms with Crippen LogP contribution >= 0.6 is 11.3 Å². The number of sulfone groups is 1. The number of hydrogen-bond acceptors (Lipinski definition) is 7. The molecule has 0 atom stereocenters. The number of benzene rings is 2. The smallest absolute Gasteiger partial charge is 0.257 e. The summed E-state index contributed by atoms with van der Waals surface area (Å²) in [7, 11) is -3.79. The molecule has 1 aromatic heterocycles. The van der Waals surface area contributed by atoms with Crippen molar-refractivity contribution >= 4 is 44.0 Å². The third-order valence-electron chi connectivity index (χ3n) is 6.93. The Hall–Kier alpha value is -3.57. The molecule has 2 heterocycles. The van der Waals surface area contributed by atoms with Gasteiger partial charge in [0.25, 0.3) is 11.8 Å². The molecule has 40 heavy (non-hydrogen) atoms. The molecule has 0 radical (unpaired) electrons. The van der Waals surface area contributed by atoms with E-state index in [1.807, 2.05) is 12.1 Å². The van der Waals surface area contributed by atoms with Crippen LogP contribution in [0.25, 0.3) is 0 Å². The molecule has 1 saturated heterocycles. The van der Waals surface area contributed by atoms with E-state index in [4.69, 9.17) is 0 Å². The summed E-state index contributed by atoms with van der Waals surface area (Å²) in [5, 5.41) is 3.04. The van der Waals surface area contributed by atoms with Gasteiger partial charge in [0.1, 0.15) is 0 Å². The number of aryl methyl sites for hydroxylation is 1. The van der Waals surface area contributed by atoms with Crippen molar-refractivity contribution in [1.82, 2.24) is 14.8 Å². The summed E-state index contributed by atoms with van der Waals surface area (Å²) in [4.78, 5) is 45.5.